The Morgan fingerprint density at radius 1 is 1.10 bits per heavy atom. The van der Waals surface area contributed by atoms with Crippen molar-refractivity contribution in [2.45, 2.75) is 32.3 Å². The van der Waals surface area contributed by atoms with Crippen LogP contribution in [-0.2, 0) is 19.4 Å². The minimum Gasteiger partial charge on any atom is -0.488 e. The number of aryl methyl sites for hydroxylation is 1. The van der Waals surface area contributed by atoms with E-state index in [1.807, 2.05) is 30.3 Å². The van der Waals surface area contributed by atoms with Crippen molar-refractivity contribution in [3.63, 3.8) is 0 Å². The smallest absolute Gasteiger partial charge is 0.134 e. The summed E-state index contributed by atoms with van der Waals surface area (Å²) in [6.45, 7) is 0.373. The minimum atomic E-state index is 0.373. The fraction of sp³-hybridized carbons (Fsp3) is 0.217. The molecule has 0 saturated heterocycles. The number of hydrogen-bond donors (Lipinski definition) is 0. The molecule has 3 nitrogen and oxygen atoms in total. The molecule has 1 aliphatic carbocycles. The summed E-state index contributed by atoms with van der Waals surface area (Å²) in [5.74, 6) is 0.724. The van der Waals surface area contributed by atoms with Crippen LogP contribution >= 0.6 is 34.5 Å². The first-order valence-electron chi connectivity index (χ1n) is 9.40. The molecular weight excluding hydrogens is 423 g/mol. The van der Waals surface area contributed by atoms with Crippen molar-refractivity contribution in [2.75, 3.05) is 0 Å². The second-order valence-corrected chi connectivity index (χ2v) is 8.73. The van der Waals surface area contributed by atoms with Gasteiger partial charge in [0.25, 0.3) is 0 Å². The summed E-state index contributed by atoms with van der Waals surface area (Å²) >= 11 is 13.7. The van der Waals surface area contributed by atoms with Gasteiger partial charge in [0, 0.05) is 16.7 Å². The molecule has 2 aromatic carbocycles. The van der Waals surface area contributed by atoms with E-state index in [4.69, 9.17) is 27.9 Å². The quantitative estimate of drug-likeness (QED) is 0.395. The van der Waals surface area contributed by atoms with E-state index in [0.717, 1.165) is 46.7 Å². The van der Waals surface area contributed by atoms with Gasteiger partial charge in [-0.15, -0.1) is 11.3 Å². The lowest BCUT2D eigenvalue weighted by Crippen LogP contribution is -1.99. The van der Waals surface area contributed by atoms with Crippen LogP contribution in [0.15, 0.2) is 47.5 Å². The molecule has 1 aliphatic rings. The number of thiophene rings is 1. The molecule has 146 valence electrons. The molecule has 1 aromatic heterocycles. The van der Waals surface area contributed by atoms with Crippen molar-refractivity contribution in [1.82, 2.24) is 0 Å². The number of benzene rings is 2. The van der Waals surface area contributed by atoms with E-state index in [-0.39, 0.29) is 0 Å². The highest BCUT2D eigenvalue weighted by atomic mass is 35.5. The normalized spacial score (nSPS) is 13.3. The maximum absolute atomic E-state index is 9.61. The minimum absolute atomic E-state index is 0.373. The number of halogens is 2. The summed E-state index contributed by atoms with van der Waals surface area (Å²) in [5, 5.41) is 11.4. The van der Waals surface area contributed by atoms with Crippen molar-refractivity contribution >= 4 is 45.8 Å². The molecule has 0 saturated carbocycles. The third kappa shape index (κ3) is 4.48. The second kappa shape index (κ2) is 9.00. The highest BCUT2D eigenvalue weighted by molar-refractivity contribution is 7.16. The Balaban J connectivity index is 1.55. The molecule has 0 amide bonds. The molecule has 0 aliphatic heterocycles. The number of para-hydroxylation sites is 1. The summed E-state index contributed by atoms with van der Waals surface area (Å²) in [6, 6.07) is 15.5. The van der Waals surface area contributed by atoms with Crippen LogP contribution in [0.5, 0.6) is 5.75 Å². The van der Waals surface area contributed by atoms with Gasteiger partial charge >= 0.3 is 0 Å². The Morgan fingerprint density at radius 2 is 1.93 bits per heavy atom. The Hall–Kier alpha value is -2.32. The molecule has 0 atom stereocenters. The Labute approximate surface area is 184 Å². The van der Waals surface area contributed by atoms with Gasteiger partial charge < -0.3 is 4.74 Å². The van der Waals surface area contributed by atoms with Gasteiger partial charge in [0.05, 0.1) is 15.6 Å². The fourth-order valence-electron chi connectivity index (χ4n) is 3.40. The van der Waals surface area contributed by atoms with Crippen molar-refractivity contribution in [3.05, 3.63) is 79.6 Å². The van der Waals surface area contributed by atoms with Gasteiger partial charge in [0.2, 0.25) is 0 Å². The van der Waals surface area contributed by atoms with Crippen LogP contribution in [0.2, 0.25) is 10.0 Å². The van der Waals surface area contributed by atoms with Crippen molar-refractivity contribution < 1.29 is 4.74 Å². The topological polar surface area (TPSA) is 45.4 Å². The second-order valence-electron chi connectivity index (χ2n) is 6.84. The standard InChI is InChI=1S/C23H18Cl2N2OS/c24-19-10-9-15(11-20(19)25)14-28-21-7-3-1-5-16(21)13-27-23-18(12-26)17-6-2-4-8-22(17)29-23/h1,3,5,7,9-11,13H,2,4,6,8,14H2. The highest BCUT2D eigenvalue weighted by Crippen LogP contribution is 2.39. The molecule has 0 fully saturated rings. The van der Waals surface area contributed by atoms with E-state index in [1.54, 1.807) is 29.7 Å². The van der Waals surface area contributed by atoms with E-state index in [9.17, 15) is 5.26 Å². The Bertz CT molecular complexity index is 1110. The molecule has 6 heteroatoms. The number of rotatable bonds is 5. The first-order valence-corrected chi connectivity index (χ1v) is 11.0. The van der Waals surface area contributed by atoms with E-state index in [0.29, 0.717) is 16.7 Å². The Morgan fingerprint density at radius 3 is 2.76 bits per heavy atom. The van der Waals surface area contributed by atoms with Crippen molar-refractivity contribution in [2.24, 2.45) is 4.99 Å². The third-order valence-electron chi connectivity index (χ3n) is 4.88. The van der Waals surface area contributed by atoms with Gasteiger partial charge in [-0.2, -0.15) is 5.26 Å². The maximum Gasteiger partial charge on any atom is 0.134 e. The predicted molar refractivity (Wildman–Crippen MR) is 120 cm³/mol. The average Bonchev–Trinajstić information content (AvgIpc) is 3.11. The van der Waals surface area contributed by atoms with Crippen molar-refractivity contribution in [3.8, 4) is 11.8 Å². The number of fused-ring (bicyclic) bond motifs is 1. The van der Waals surface area contributed by atoms with E-state index in [2.05, 4.69) is 11.1 Å². The molecule has 0 spiro atoms. The lowest BCUT2D eigenvalue weighted by atomic mass is 9.96. The highest BCUT2D eigenvalue weighted by Gasteiger charge is 2.20. The number of ether oxygens (including phenoxy) is 1. The van der Waals surface area contributed by atoms with Crippen molar-refractivity contribution in [1.29, 1.82) is 5.26 Å². The van der Waals surface area contributed by atoms with Gasteiger partial charge in [-0.05, 0) is 61.1 Å². The molecular formula is C23H18Cl2N2OS. The van der Waals surface area contributed by atoms with Crippen LogP contribution in [0.3, 0.4) is 0 Å². The lowest BCUT2D eigenvalue weighted by molar-refractivity contribution is 0.306. The summed E-state index contributed by atoms with van der Waals surface area (Å²) in [6.07, 6.45) is 6.14. The van der Waals surface area contributed by atoms with Crippen LogP contribution in [0, 0.1) is 11.3 Å². The zero-order valence-electron chi connectivity index (χ0n) is 15.6. The maximum atomic E-state index is 9.61. The average molecular weight is 441 g/mol. The van der Waals surface area contributed by atoms with Crippen LogP contribution in [0.25, 0.3) is 0 Å². The fourth-order valence-corrected chi connectivity index (χ4v) is 4.90. The lowest BCUT2D eigenvalue weighted by Gasteiger charge is -2.09. The van der Waals surface area contributed by atoms with E-state index >= 15 is 0 Å². The number of hydrogen-bond acceptors (Lipinski definition) is 4. The molecule has 0 N–H and O–H groups in total. The molecule has 4 rings (SSSR count). The predicted octanol–water partition coefficient (Wildman–Crippen LogP) is 7.13. The SMILES string of the molecule is N#Cc1c(N=Cc2ccccc2OCc2ccc(Cl)c(Cl)c2)sc2c1CCCC2. The van der Waals surface area contributed by atoms with Gasteiger partial charge in [0.1, 0.15) is 23.4 Å². The van der Waals surface area contributed by atoms with Gasteiger partial charge in [-0.3, -0.25) is 0 Å². The van der Waals surface area contributed by atoms with Crippen LogP contribution in [0.1, 0.15) is 40.0 Å². The van der Waals surface area contributed by atoms with Gasteiger partial charge in [0.15, 0.2) is 0 Å². The van der Waals surface area contributed by atoms with Crippen LogP contribution in [-0.4, -0.2) is 6.21 Å². The van der Waals surface area contributed by atoms with Crippen LogP contribution < -0.4 is 4.74 Å². The zero-order valence-corrected chi connectivity index (χ0v) is 17.9. The molecule has 0 bridgehead atoms. The first-order chi connectivity index (χ1) is 14.2. The first kappa shape index (κ1) is 20.0. The molecule has 0 radical (unpaired) electrons. The zero-order chi connectivity index (χ0) is 20.2. The summed E-state index contributed by atoms with van der Waals surface area (Å²) < 4.78 is 5.99. The summed E-state index contributed by atoms with van der Waals surface area (Å²) in [4.78, 5) is 5.96. The van der Waals surface area contributed by atoms with Gasteiger partial charge in [-0.1, -0.05) is 41.4 Å². The largest absolute Gasteiger partial charge is 0.488 e. The van der Waals surface area contributed by atoms with E-state index < -0.39 is 0 Å². The van der Waals surface area contributed by atoms with E-state index in [1.165, 1.54) is 16.9 Å². The molecule has 0 unspecified atom stereocenters. The van der Waals surface area contributed by atoms with Crippen LogP contribution in [0.4, 0.5) is 5.00 Å². The number of nitriles is 1. The molecule has 29 heavy (non-hydrogen) atoms. The molecule has 1 heterocycles. The third-order valence-corrected chi connectivity index (χ3v) is 6.82. The van der Waals surface area contributed by atoms with Gasteiger partial charge in [-0.25, -0.2) is 4.99 Å². The number of nitrogens with zero attached hydrogens (tertiary/aromatic N) is 2. The summed E-state index contributed by atoms with van der Waals surface area (Å²) in [5.41, 5.74) is 3.72. The summed E-state index contributed by atoms with van der Waals surface area (Å²) in [7, 11) is 0. The monoisotopic (exact) mass is 440 g/mol. The molecule has 3 aromatic rings. The Kier molecular flexibility index (Phi) is 6.20. The number of aliphatic imine (C=N–C) groups is 1.